The van der Waals surface area contributed by atoms with Crippen LogP contribution in [0.3, 0.4) is 0 Å². The van der Waals surface area contributed by atoms with Crippen LogP contribution in [-0.2, 0) is 16.6 Å². The van der Waals surface area contributed by atoms with Gasteiger partial charge in [0.15, 0.2) is 11.6 Å². The van der Waals surface area contributed by atoms with Gasteiger partial charge in [-0.15, -0.1) is 0 Å². The monoisotopic (exact) mass is 410 g/mol. The van der Waals surface area contributed by atoms with Crippen LogP contribution in [0.4, 0.5) is 4.39 Å². The Bertz CT molecular complexity index is 918. The van der Waals surface area contributed by atoms with Gasteiger partial charge in [-0.3, -0.25) is 4.90 Å². The number of methoxy groups -OCH3 is 1. The molecule has 1 aromatic heterocycles. The number of nitrogens with one attached hydrogen (secondary N) is 1. The van der Waals surface area contributed by atoms with E-state index >= 15 is 0 Å². The number of hydrogen-bond donors (Lipinski definition) is 1. The molecule has 2 heterocycles. The van der Waals surface area contributed by atoms with Gasteiger partial charge in [-0.05, 0) is 70.0 Å². The zero-order valence-electron chi connectivity index (χ0n) is 16.5. The SMILES string of the molecule is COc1ccc(S(=O)(=O)NCC2CCN(Cc3cc(C)oc3C)CC2)cc1F. The maximum atomic E-state index is 13.8. The largest absolute Gasteiger partial charge is 0.494 e. The highest BCUT2D eigenvalue weighted by molar-refractivity contribution is 7.89. The first-order valence-corrected chi connectivity index (χ1v) is 10.9. The highest BCUT2D eigenvalue weighted by Gasteiger charge is 2.23. The number of rotatable bonds is 7. The van der Waals surface area contributed by atoms with Crippen molar-refractivity contribution < 1.29 is 22.0 Å². The van der Waals surface area contributed by atoms with Crippen LogP contribution in [-0.4, -0.2) is 40.1 Å². The quantitative estimate of drug-likeness (QED) is 0.759. The number of likely N-dealkylation sites (tertiary alicyclic amines) is 1. The number of nitrogens with zero attached hydrogens (tertiary/aromatic N) is 1. The van der Waals surface area contributed by atoms with Crippen LogP contribution in [0.25, 0.3) is 0 Å². The van der Waals surface area contributed by atoms with E-state index in [2.05, 4.69) is 15.7 Å². The number of aryl methyl sites for hydroxylation is 2. The van der Waals surface area contributed by atoms with Crippen molar-refractivity contribution in [3.8, 4) is 5.75 Å². The molecule has 1 fully saturated rings. The lowest BCUT2D eigenvalue weighted by molar-refractivity contribution is 0.178. The summed E-state index contributed by atoms with van der Waals surface area (Å²) in [6.07, 6.45) is 1.82. The van der Waals surface area contributed by atoms with E-state index in [-0.39, 0.29) is 16.6 Å². The summed E-state index contributed by atoms with van der Waals surface area (Å²) in [4.78, 5) is 2.27. The van der Waals surface area contributed by atoms with Gasteiger partial charge in [0.05, 0.1) is 12.0 Å². The minimum absolute atomic E-state index is 0.0226. The smallest absolute Gasteiger partial charge is 0.240 e. The molecule has 0 unspecified atom stereocenters. The second-order valence-electron chi connectivity index (χ2n) is 7.31. The van der Waals surface area contributed by atoms with Crippen LogP contribution in [0.1, 0.15) is 29.9 Å². The van der Waals surface area contributed by atoms with Crippen molar-refractivity contribution in [2.75, 3.05) is 26.7 Å². The predicted octanol–water partition coefficient (Wildman–Crippen LogP) is 3.23. The molecule has 28 heavy (non-hydrogen) atoms. The summed E-state index contributed by atoms with van der Waals surface area (Å²) in [6.45, 7) is 6.95. The van der Waals surface area contributed by atoms with Gasteiger partial charge < -0.3 is 9.15 Å². The molecular formula is C20H27FN2O4S. The van der Waals surface area contributed by atoms with Crippen molar-refractivity contribution in [1.29, 1.82) is 0 Å². The lowest BCUT2D eigenvalue weighted by atomic mass is 9.97. The van der Waals surface area contributed by atoms with Crippen molar-refractivity contribution in [2.45, 2.75) is 38.1 Å². The molecule has 1 N–H and O–H groups in total. The van der Waals surface area contributed by atoms with E-state index in [1.54, 1.807) is 0 Å². The van der Waals surface area contributed by atoms with E-state index < -0.39 is 15.8 Å². The number of hydrogen-bond acceptors (Lipinski definition) is 5. The summed E-state index contributed by atoms with van der Waals surface area (Å²) in [5.41, 5.74) is 1.21. The van der Waals surface area contributed by atoms with Gasteiger partial charge in [0, 0.05) is 18.7 Å². The summed E-state index contributed by atoms with van der Waals surface area (Å²) < 4.78 is 51.7. The minimum Gasteiger partial charge on any atom is -0.494 e. The van der Waals surface area contributed by atoms with Gasteiger partial charge in [0.1, 0.15) is 11.5 Å². The molecule has 1 aliphatic rings. The first kappa shape index (κ1) is 20.8. The van der Waals surface area contributed by atoms with Gasteiger partial charge in [-0.25, -0.2) is 17.5 Å². The second kappa shape index (κ2) is 8.63. The first-order chi connectivity index (χ1) is 13.3. The Morgan fingerprint density at radius 1 is 1.25 bits per heavy atom. The zero-order chi connectivity index (χ0) is 20.3. The molecule has 2 aromatic rings. The van der Waals surface area contributed by atoms with Crippen LogP contribution >= 0.6 is 0 Å². The Morgan fingerprint density at radius 2 is 1.96 bits per heavy atom. The molecule has 1 aliphatic heterocycles. The third kappa shape index (κ3) is 4.92. The van der Waals surface area contributed by atoms with Crippen molar-refractivity contribution in [3.63, 3.8) is 0 Å². The van der Waals surface area contributed by atoms with Crippen LogP contribution in [0.5, 0.6) is 5.75 Å². The Labute approximate surface area is 165 Å². The minimum atomic E-state index is -3.74. The number of benzene rings is 1. The van der Waals surface area contributed by atoms with Gasteiger partial charge in [0.2, 0.25) is 10.0 Å². The molecule has 0 spiro atoms. The molecule has 1 aromatic carbocycles. The third-order valence-corrected chi connectivity index (χ3v) is 6.66. The topological polar surface area (TPSA) is 71.8 Å². The first-order valence-electron chi connectivity index (χ1n) is 9.40. The molecule has 6 nitrogen and oxygen atoms in total. The molecule has 0 atom stereocenters. The summed E-state index contributed by atoms with van der Waals surface area (Å²) in [6, 6.07) is 5.73. The normalized spacial score (nSPS) is 16.4. The Balaban J connectivity index is 1.50. The number of piperidine rings is 1. The molecule has 1 saturated heterocycles. The van der Waals surface area contributed by atoms with E-state index in [9.17, 15) is 12.8 Å². The van der Waals surface area contributed by atoms with E-state index in [4.69, 9.17) is 9.15 Å². The maximum absolute atomic E-state index is 13.8. The summed E-state index contributed by atoms with van der Waals surface area (Å²) >= 11 is 0. The standard InChI is InChI=1S/C20H27FN2O4S/c1-14-10-17(15(2)27-14)13-23-8-6-16(7-9-23)12-22-28(24,25)18-4-5-20(26-3)19(21)11-18/h4-5,10-11,16,22H,6-9,12-13H2,1-3H3. The molecule has 0 saturated carbocycles. The van der Waals surface area contributed by atoms with E-state index in [1.165, 1.54) is 24.8 Å². The van der Waals surface area contributed by atoms with Crippen molar-refractivity contribution in [3.05, 3.63) is 47.2 Å². The van der Waals surface area contributed by atoms with Crippen LogP contribution < -0.4 is 9.46 Å². The number of furan rings is 1. The maximum Gasteiger partial charge on any atom is 0.240 e. The lowest BCUT2D eigenvalue weighted by Crippen LogP contribution is -2.38. The number of sulfonamides is 1. The molecule has 3 rings (SSSR count). The van der Waals surface area contributed by atoms with Gasteiger partial charge in [-0.1, -0.05) is 0 Å². The van der Waals surface area contributed by atoms with Crippen molar-refractivity contribution >= 4 is 10.0 Å². The fourth-order valence-corrected chi connectivity index (χ4v) is 4.68. The second-order valence-corrected chi connectivity index (χ2v) is 9.07. The molecule has 8 heteroatoms. The van der Waals surface area contributed by atoms with Crippen molar-refractivity contribution in [1.82, 2.24) is 9.62 Å². The average Bonchev–Trinajstić information content (AvgIpc) is 2.98. The Morgan fingerprint density at radius 3 is 2.54 bits per heavy atom. The molecule has 0 amide bonds. The molecular weight excluding hydrogens is 383 g/mol. The number of ether oxygens (including phenoxy) is 1. The van der Waals surface area contributed by atoms with Crippen LogP contribution in [0, 0.1) is 25.6 Å². The van der Waals surface area contributed by atoms with Crippen LogP contribution in [0.2, 0.25) is 0 Å². The fourth-order valence-electron chi connectivity index (χ4n) is 3.56. The van der Waals surface area contributed by atoms with Gasteiger partial charge >= 0.3 is 0 Å². The predicted molar refractivity (Wildman–Crippen MR) is 104 cm³/mol. The molecule has 0 aliphatic carbocycles. The van der Waals surface area contributed by atoms with Gasteiger partial charge in [0.25, 0.3) is 0 Å². The highest BCUT2D eigenvalue weighted by atomic mass is 32.2. The molecule has 0 bridgehead atoms. The average molecular weight is 411 g/mol. The van der Waals surface area contributed by atoms with Crippen molar-refractivity contribution in [2.24, 2.45) is 5.92 Å². The highest BCUT2D eigenvalue weighted by Crippen LogP contribution is 2.23. The summed E-state index contributed by atoms with van der Waals surface area (Å²) in [7, 11) is -2.40. The summed E-state index contributed by atoms with van der Waals surface area (Å²) in [5.74, 6) is 1.48. The van der Waals surface area contributed by atoms with E-state index in [1.807, 2.05) is 13.8 Å². The number of halogens is 1. The summed E-state index contributed by atoms with van der Waals surface area (Å²) in [5, 5.41) is 0. The van der Waals surface area contributed by atoms with E-state index in [0.717, 1.165) is 50.1 Å². The van der Waals surface area contributed by atoms with E-state index in [0.29, 0.717) is 6.54 Å². The van der Waals surface area contributed by atoms with Crippen LogP contribution in [0.15, 0.2) is 33.6 Å². The van der Waals surface area contributed by atoms with Gasteiger partial charge in [-0.2, -0.15) is 0 Å². The fraction of sp³-hybridized carbons (Fsp3) is 0.500. The molecule has 154 valence electrons. The Kier molecular flexibility index (Phi) is 6.42. The third-order valence-electron chi connectivity index (χ3n) is 5.24. The Hall–Kier alpha value is -1.90. The molecule has 0 radical (unpaired) electrons. The zero-order valence-corrected chi connectivity index (χ0v) is 17.3. The lowest BCUT2D eigenvalue weighted by Gasteiger charge is -2.31.